The van der Waals surface area contributed by atoms with Gasteiger partial charge in [0.2, 0.25) is 5.91 Å². The number of nitrogens with zero attached hydrogens (tertiary/aromatic N) is 5. The van der Waals surface area contributed by atoms with Crippen molar-refractivity contribution in [2.45, 2.75) is 39.2 Å². The maximum atomic E-state index is 13.7. The third-order valence-corrected chi connectivity index (χ3v) is 9.60. The topological polar surface area (TPSA) is 85.7 Å². The van der Waals surface area contributed by atoms with E-state index in [-0.39, 0.29) is 23.5 Å². The molecule has 9 nitrogen and oxygen atoms in total. The van der Waals surface area contributed by atoms with Gasteiger partial charge in [0.1, 0.15) is 17.7 Å². The average Bonchev–Trinajstić information content (AvgIpc) is 3.38. The van der Waals surface area contributed by atoms with Gasteiger partial charge in [-0.15, -0.1) is 0 Å². The van der Waals surface area contributed by atoms with Crippen molar-refractivity contribution in [3.05, 3.63) is 72.0 Å². The number of likely N-dealkylation sites (tertiary alicyclic amines) is 1. The molecule has 4 aromatic rings. The molecule has 4 heterocycles. The van der Waals surface area contributed by atoms with Crippen LogP contribution in [0.4, 0.5) is 21.5 Å². The molecular formula is C36H42FN7O2. The Labute approximate surface area is 269 Å². The summed E-state index contributed by atoms with van der Waals surface area (Å²) in [7, 11) is 0. The summed E-state index contributed by atoms with van der Waals surface area (Å²) in [6.45, 7) is 10.8. The van der Waals surface area contributed by atoms with E-state index in [1.54, 1.807) is 12.1 Å². The summed E-state index contributed by atoms with van der Waals surface area (Å²) in [4.78, 5) is 38.9. The molecule has 3 aliphatic heterocycles. The number of rotatable bonds is 7. The van der Waals surface area contributed by atoms with Crippen LogP contribution in [-0.2, 0) is 4.79 Å². The van der Waals surface area contributed by atoms with E-state index in [9.17, 15) is 14.0 Å². The Bertz CT molecular complexity index is 1740. The first-order valence-electron chi connectivity index (χ1n) is 16.6. The van der Waals surface area contributed by atoms with Gasteiger partial charge in [0.15, 0.2) is 0 Å². The van der Waals surface area contributed by atoms with Crippen molar-refractivity contribution >= 4 is 39.9 Å². The van der Waals surface area contributed by atoms with Gasteiger partial charge in [-0.3, -0.25) is 9.59 Å². The molecule has 0 aliphatic carbocycles. The molecule has 3 aliphatic rings. The number of hydrogen-bond donors (Lipinski definition) is 2. The second-order valence-electron chi connectivity index (χ2n) is 13.0. The molecule has 0 bridgehead atoms. The zero-order chi connectivity index (χ0) is 31.8. The zero-order valence-electron chi connectivity index (χ0n) is 26.6. The minimum absolute atomic E-state index is 0.0197. The molecule has 46 heavy (non-hydrogen) atoms. The van der Waals surface area contributed by atoms with Crippen LogP contribution in [0, 0.1) is 11.7 Å². The number of piperidine rings is 1. The molecule has 7 rings (SSSR count). The minimum atomic E-state index is -0.455. The first-order chi connectivity index (χ1) is 22.4. The lowest BCUT2D eigenvalue weighted by atomic mass is 10.0. The molecule has 2 fully saturated rings. The zero-order valence-corrected chi connectivity index (χ0v) is 26.6. The van der Waals surface area contributed by atoms with Crippen molar-refractivity contribution < 1.29 is 14.0 Å². The van der Waals surface area contributed by atoms with E-state index in [4.69, 9.17) is 4.98 Å². The van der Waals surface area contributed by atoms with Gasteiger partial charge in [0.25, 0.3) is 5.91 Å². The molecule has 0 unspecified atom stereocenters. The van der Waals surface area contributed by atoms with E-state index in [0.29, 0.717) is 37.3 Å². The molecule has 2 saturated heterocycles. The van der Waals surface area contributed by atoms with Crippen LogP contribution < -0.4 is 15.5 Å². The number of anilines is 3. The summed E-state index contributed by atoms with van der Waals surface area (Å²) in [6, 6.07) is 17.7. The molecule has 240 valence electrons. The number of carbonyl (C=O) groups is 2. The number of halogens is 1. The second kappa shape index (κ2) is 12.7. The van der Waals surface area contributed by atoms with Crippen LogP contribution in [0.15, 0.2) is 60.7 Å². The molecule has 0 spiro atoms. The molecule has 1 aromatic heterocycles. The highest BCUT2D eigenvalue weighted by Gasteiger charge is 2.34. The van der Waals surface area contributed by atoms with E-state index in [2.05, 4.69) is 26.5 Å². The summed E-state index contributed by atoms with van der Waals surface area (Å²) < 4.78 is 15.4. The Morgan fingerprint density at radius 1 is 0.957 bits per heavy atom. The number of hydrogen-bond acceptors (Lipinski definition) is 6. The predicted octanol–water partition coefficient (Wildman–Crippen LogP) is 5.85. The summed E-state index contributed by atoms with van der Waals surface area (Å²) in [5.41, 5.74) is 5.65. The highest BCUT2D eigenvalue weighted by molar-refractivity contribution is 6.03. The number of imidazole rings is 1. The Balaban J connectivity index is 1.15. The third-order valence-electron chi connectivity index (χ3n) is 9.60. The highest BCUT2D eigenvalue weighted by atomic mass is 19.1. The van der Waals surface area contributed by atoms with Crippen LogP contribution in [0.2, 0.25) is 0 Å². The van der Waals surface area contributed by atoms with Crippen molar-refractivity contribution in [3.63, 3.8) is 0 Å². The normalized spacial score (nSPS) is 18.7. The number of piperazine rings is 1. The van der Waals surface area contributed by atoms with Crippen LogP contribution in [0.3, 0.4) is 0 Å². The maximum Gasteiger partial charge on any atom is 0.254 e. The Kier molecular flexibility index (Phi) is 8.38. The fraction of sp³-hybridized carbons (Fsp3) is 0.417. The molecule has 0 saturated carbocycles. The lowest BCUT2D eigenvalue weighted by Gasteiger charge is -2.36. The first kappa shape index (κ1) is 30.2. The summed E-state index contributed by atoms with van der Waals surface area (Å²) in [5, 5.41) is 6.75. The quantitative estimate of drug-likeness (QED) is 0.269. The second-order valence-corrected chi connectivity index (χ2v) is 13.0. The minimum Gasteiger partial charge on any atom is -0.384 e. The first-order valence-corrected chi connectivity index (χ1v) is 16.6. The Morgan fingerprint density at radius 2 is 1.72 bits per heavy atom. The number of nitrogens with one attached hydrogen (secondary N) is 2. The Morgan fingerprint density at radius 3 is 2.46 bits per heavy atom. The molecule has 0 radical (unpaired) electrons. The number of fused-ring (bicyclic) bond motifs is 5. The van der Waals surface area contributed by atoms with Crippen molar-refractivity contribution in [1.29, 1.82) is 0 Å². The van der Waals surface area contributed by atoms with Gasteiger partial charge in [-0.05, 0) is 92.5 Å². The predicted molar refractivity (Wildman–Crippen MR) is 181 cm³/mol. The molecule has 2 N–H and O–H groups in total. The largest absolute Gasteiger partial charge is 0.384 e. The summed E-state index contributed by atoms with van der Waals surface area (Å²) in [5.74, 6) is 0.376. The van der Waals surface area contributed by atoms with Crippen LogP contribution in [0.5, 0.6) is 0 Å². The van der Waals surface area contributed by atoms with Gasteiger partial charge < -0.3 is 29.9 Å². The standard InChI is InChI=1S/C36H42FN7O2/c1-24(2)33-35(45)40-30-12-9-27(38-14-17-41-15-4-3-5-16-41)23-29(30)34-39-31-22-25(6-13-32(31)44(33)34)36(46)43-20-18-42(19-21-43)28-10-7-26(37)8-11-28/h6-13,22-24,33,38H,3-5,14-21H2,1-2H3,(H,40,45)/t33-/m0/s1. The fourth-order valence-electron chi connectivity index (χ4n) is 7.12. The van der Waals surface area contributed by atoms with Crippen molar-refractivity contribution in [1.82, 2.24) is 19.4 Å². The van der Waals surface area contributed by atoms with E-state index >= 15 is 0 Å². The average molecular weight is 624 g/mol. The smallest absolute Gasteiger partial charge is 0.254 e. The third kappa shape index (κ3) is 5.93. The van der Waals surface area contributed by atoms with Gasteiger partial charge in [0.05, 0.1) is 16.7 Å². The summed E-state index contributed by atoms with van der Waals surface area (Å²) in [6.07, 6.45) is 3.87. The van der Waals surface area contributed by atoms with Gasteiger partial charge in [0, 0.05) is 61.8 Å². The number of carbonyl (C=O) groups excluding carboxylic acids is 2. The van der Waals surface area contributed by atoms with Crippen LogP contribution in [0.1, 0.15) is 49.5 Å². The van der Waals surface area contributed by atoms with E-state index in [0.717, 1.165) is 60.1 Å². The lowest BCUT2D eigenvalue weighted by Crippen LogP contribution is -2.48. The molecule has 2 amide bonds. The van der Waals surface area contributed by atoms with Crippen molar-refractivity contribution in [3.8, 4) is 11.4 Å². The summed E-state index contributed by atoms with van der Waals surface area (Å²) >= 11 is 0. The van der Waals surface area contributed by atoms with Crippen LogP contribution in [0.25, 0.3) is 22.4 Å². The molecular weight excluding hydrogens is 581 g/mol. The number of aromatic nitrogens is 2. The monoisotopic (exact) mass is 623 g/mol. The van der Waals surface area contributed by atoms with Gasteiger partial charge in [-0.25, -0.2) is 9.37 Å². The molecule has 1 atom stereocenters. The molecule has 3 aromatic carbocycles. The number of amides is 2. The lowest BCUT2D eigenvalue weighted by molar-refractivity contribution is -0.120. The fourth-order valence-corrected chi connectivity index (χ4v) is 7.12. The molecule has 10 heteroatoms. The van der Waals surface area contributed by atoms with E-state index in [1.165, 1.54) is 31.4 Å². The Hall–Kier alpha value is -4.44. The van der Waals surface area contributed by atoms with Gasteiger partial charge >= 0.3 is 0 Å². The SMILES string of the molecule is CC(C)[C@H]1C(=O)Nc2ccc(NCCN3CCCCC3)cc2-c2nc3cc(C(=O)N4CCN(c5ccc(F)cc5)CC4)ccc3n21. The maximum absolute atomic E-state index is 13.7. The van der Waals surface area contributed by atoms with Crippen LogP contribution >= 0.6 is 0 Å². The van der Waals surface area contributed by atoms with Gasteiger partial charge in [-0.2, -0.15) is 0 Å². The van der Waals surface area contributed by atoms with Crippen molar-refractivity contribution in [2.75, 3.05) is 67.9 Å². The van der Waals surface area contributed by atoms with Gasteiger partial charge in [-0.1, -0.05) is 20.3 Å². The van der Waals surface area contributed by atoms with E-state index < -0.39 is 6.04 Å². The van der Waals surface area contributed by atoms with Crippen LogP contribution in [-0.4, -0.2) is 83.5 Å². The van der Waals surface area contributed by atoms with Crippen molar-refractivity contribution in [2.24, 2.45) is 5.92 Å². The van der Waals surface area contributed by atoms with E-state index in [1.807, 2.05) is 53.6 Å². The number of benzene rings is 3. The highest BCUT2D eigenvalue weighted by Crippen LogP contribution is 2.40.